The molecule has 0 saturated heterocycles. The van der Waals surface area contributed by atoms with Gasteiger partial charge in [-0.05, 0) is 25.1 Å². The number of hydrogen-bond donors (Lipinski definition) is 2. The van der Waals surface area contributed by atoms with Crippen LogP contribution in [0.3, 0.4) is 0 Å². The predicted octanol–water partition coefficient (Wildman–Crippen LogP) is 4.29. The molecule has 1 aliphatic heterocycles. The number of fused-ring (bicyclic) bond motifs is 1. The molecule has 4 nitrogen and oxygen atoms in total. The van der Waals surface area contributed by atoms with Crippen LogP contribution in [0.4, 0.5) is 4.79 Å². The lowest BCUT2D eigenvalue weighted by atomic mass is 10.0. The number of para-hydroxylation sites is 1. The molecule has 2 amide bonds. The number of amides is 2. The first-order valence-electron chi connectivity index (χ1n) is 7.17. The zero-order valence-electron chi connectivity index (χ0n) is 12.1. The highest BCUT2D eigenvalue weighted by atomic mass is 35.5. The Hall–Kier alpha value is -1.72. The van der Waals surface area contributed by atoms with Gasteiger partial charge in [0.2, 0.25) is 0 Å². The largest absolute Gasteiger partial charge is 0.493 e. The van der Waals surface area contributed by atoms with Crippen molar-refractivity contribution >= 4 is 29.0 Å². The second-order valence-corrected chi connectivity index (χ2v) is 6.96. The second-order valence-electron chi connectivity index (χ2n) is 5.21. The van der Waals surface area contributed by atoms with E-state index in [1.54, 1.807) is 0 Å². The van der Waals surface area contributed by atoms with Crippen molar-refractivity contribution in [2.75, 3.05) is 6.61 Å². The maximum atomic E-state index is 12.2. The van der Waals surface area contributed by atoms with Crippen molar-refractivity contribution in [2.45, 2.75) is 25.4 Å². The Labute approximate surface area is 138 Å². The molecule has 2 atom stereocenters. The van der Waals surface area contributed by atoms with Gasteiger partial charge in [0.05, 0.1) is 23.0 Å². The SMILES string of the molecule is CC(NC(=O)NC1CCOc2ccccc21)c1ccc(Cl)s1. The molecular weight excluding hydrogens is 320 g/mol. The zero-order chi connectivity index (χ0) is 15.5. The average Bonchev–Trinajstić information content (AvgIpc) is 2.94. The molecule has 116 valence electrons. The summed E-state index contributed by atoms with van der Waals surface area (Å²) in [5, 5.41) is 5.97. The van der Waals surface area contributed by atoms with Crippen LogP contribution in [-0.2, 0) is 0 Å². The highest BCUT2D eigenvalue weighted by molar-refractivity contribution is 7.16. The van der Waals surface area contributed by atoms with E-state index < -0.39 is 0 Å². The van der Waals surface area contributed by atoms with Gasteiger partial charge >= 0.3 is 6.03 Å². The first-order valence-corrected chi connectivity index (χ1v) is 8.37. The van der Waals surface area contributed by atoms with Gasteiger partial charge in [-0.25, -0.2) is 4.79 Å². The van der Waals surface area contributed by atoms with Gasteiger partial charge in [-0.1, -0.05) is 29.8 Å². The van der Waals surface area contributed by atoms with E-state index in [-0.39, 0.29) is 18.1 Å². The lowest BCUT2D eigenvalue weighted by Crippen LogP contribution is -2.40. The third kappa shape index (κ3) is 3.36. The molecule has 1 aromatic carbocycles. The van der Waals surface area contributed by atoms with Gasteiger partial charge in [0.25, 0.3) is 0 Å². The third-order valence-corrected chi connectivity index (χ3v) is 5.05. The molecule has 1 aliphatic rings. The fourth-order valence-corrected chi connectivity index (χ4v) is 3.58. The summed E-state index contributed by atoms with van der Waals surface area (Å²) in [5.74, 6) is 0.845. The summed E-state index contributed by atoms with van der Waals surface area (Å²) in [5.41, 5.74) is 1.02. The Morgan fingerprint density at radius 3 is 2.95 bits per heavy atom. The van der Waals surface area contributed by atoms with Crippen LogP contribution >= 0.6 is 22.9 Å². The van der Waals surface area contributed by atoms with Gasteiger partial charge < -0.3 is 15.4 Å². The molecule has 3 rings (SSSR count). The van der Waals surface area contributed by atoms with Crippen molar-refractivity contribution in [2.24, 2.45) is 0 Å². The number of urea groups is 1. The van der Waals surface area contributed by atoms with Gasteiger partial charge in [-0.15, -0.1) is 11.3 Å². The molecule has 0 aliphatic carbocycles. The summed E-state index contributed by atoms with van der Waals surface area (Å²) in [7, 11) is 0. The highest BCUT2D eigenvalue weighted by Crippen LogP contribution is 2.31. The van der Waals surface area contributed by atoms with Crippen molar-refractivity contribution in [3.8, 4) is 5.75 Å². The van der Waals surface area contributed by atoms with E-state index in [4.69, 9.17) is 16.3 Å². The van der Waals surface area contributed by atoms with Crippen LogP contribution in [0.1, 0.15) is 35.9 Å². The highest BCUT2D eigenvalue weighted by Gasteiger charge is 2.23. The van der Waals surface area contributed by atoms with E-state index in [0.29, 0.717) is 6.61 Å². The molecule has 0 radical (unpaired) electrons. The van der Waals surface area contributed by atoms with E-state index in [2.05, 4.69) is 10.6 Å². The fourth-order valence-electron chi connectivity index (χ4n) is 2.52. The van der Waals surface area contributed by atoms with Crippen molar-refractivity contribution in [3.05, 3.63) is 51.2 Å². The van der Waals surface area contributed by atoms with Crippen LogP contribution in [0, 0.1) is 0 Å². The first-order chi connectivity index (χ1) is 10.6. The Balaban J connectivity index is 1.63. The molecule has 2 N–H and O–H groups in total. The summed E-state index contributed by atoms with van der Waals surface area (Å²) in [6, 6.07) is 11.3. The van der Waals surface area contributed by atoms with E-state index >= 15 is 0 Å². The van der Waals surface area contributed by atoms with Crippen LogP contribution in [-0.4, -0.2) is 12.6 Å². The average molecular weight is 337 g/mol. The number of carbonyl (C=O) groups excluding carboxylic acids is 1. The maximum absolute atomic E-state index is 12.2. The van der Waals surface area contributed by atoms with Crippen LogP contribution in [0.5, 0.6) is 5.75 Å². The normalized spacial score (nSPS) is 18.0. The van der Waals surface area contributed by atoms with Crippen LogP contribution in [0.2, 0.25) is 4.34 Å². The number of rotatable bonds is 3. The summed E-state index contributed by atoms with van der Waals surface area (Å²) in [4.78, 5) is 13.3. The topological polar surface area (TPSA) is 50.4 Å². The molecule has 2 unspecified atom stereocenters. The standard InChI is InChI=1S/C16H17ClN2O2S/c1-10(14-6-7-15(17)22-14)18-16(20)19-12-8-9-21-13-5-3-2-4-11(12)13/h2-7,10,12H,8-9H2,1H3,(H2,18,19,20). The fraction of sp³-hybridized carbons (Fsp3) is 0.312. The molecule has 22 heavy (non-hydrogen) atoms. The van der Waals surface area contributed by atoms with Crippen molar-refractivity contribution in [1.29, 1.82) is 0 Å². The molecule has 6 heteroatoms. The van der Waals surface area contributed by atoms with E-state index in [1.807, 2.05) is 43.3 Å². The molecule has 0 fully saturated rings. The zero-order valence-corrected chi connectivity index (χ0v) is 13.7. The molecule has 0 bridgehead atoms. The van der Waals surface area contributed by atoms with Crippen molar-refractivity contribution < 1.29 is 9.53 Å². The van der Waals surface area contributed by atoms with Crippen LogP contribution < -0.4 is 15.4 Å². The van der Waals surface area contributed by atoms with E-state index in [0.717, 1.165) is 26.9 Å². The minimum atomic E-state index is -0.182. The smallest absolute Gasteiger partial charge is 0.315 e. The third-order valence-electron chi connectivity index (χ3n) is 3.63. The summed E-state index contributed by atoms with van der Waals surface area (Å²) in [6.07, 6.45) is 0.768. The quantitative estimate of drug-likeness (QED) is 0.878. The molecular formula is C16H17ClN2O2S. The first kappa shape index (κ1) is 15.2. The Bertz CT molecular complexity index is 674. The second kappa shape index (κ2) is 6.58. The Morgan fingerprint density at radius 1 is 1.36 bits per heavy atom. The molecule has 1 aromatic heterocycles. The number of thiophene rings is 1. The Morgan fingerprint density at radius 2 is 2.18 bits per heavy atom. The minimum Gasteiger partial charge on any atom is -0.493 e. The number of carbonyl (C=O) groups is 1. The predicted molar refractivity (Wildman–Crippen MR) is 88.7 cm³/mol. The van der Waals surface area contributed by atoms with Gasteiger partial charge in [0, 0.05) is 16.9 Å². The summed E-state index contributed by atoms with van der Waals surface area (Å²) >= 11 is 7.40. The molecule has 0 spiro atoms. The number of hydrogen-bond acceptors (Lipinski definition) is 3. The molecule has 0 saturated carbocycles. The van der Waals surface area contributed by atoms with Crippen LogP contribution in [0.15, 0.2) is 36.4 Å². The maximum Gasteiger partial charge on any atom is 0.315 e. The number of ether oxygens (including phenoxy) is 1. The molecule has 2 aromatic rings. The lowest BCUT2D eigenvalue weighted by molar-refractivity contribution is 0.221. The van der Waals surface area contributed by atoms with Crippen LogP contribution in [0.25, 0.3) is 0 Å². The number of halogens is 1. The van der Waals surface area contributed by atoms with Gasteiger partial charge in [-0.3, -0.25) is 0 Å². The van der Waals surface area contributed by atoms with Crippen molar-refractivity contribution in [3.63, 3.8) is 0 Å². The monoisotopic (exact) mass is 336 g/mol. The minimum absolute atomic E-state index is 0.0240. The summed E-state index contributed by atoms with van der Waals surface area (Å²) in [6.45, 7) is 2.55. The van der Waals surface area contributed by atoms with Gasteiger partial charge in [-0.2, -0.15) is 0 Å². The van der Waals surface area contributed by atoms with Crippen molar-refractivity contribution in [1.82, 2.24) is 10.6 Å². The number of nitrogens with one attached hydrogen (secondary N) is 2. The summed E-state index contributed by atoms with van der Waals surface area (Å²) < 4.78 is 6.33. The van der Waals surface area contributed by atoms with Gasteiger partial charge in [0.1, 0.15) is 5.75 Å². The van der Waals surface area contributed by atoms with E-state index in [1.165, 1.54) is 11.3 Å². The van der Waals surface area contributed by atoms with E-state index in [9.17, 15) is 4.79 Å². The lowest BCUT2D eigenvalue weighted by Gasteiger charge is -2.27. The van der Waals surface area contributed by atoms with Gasteiger partial charge in [0.15, 0.2) is 0 Å². The Kier molecular flexibility index (Phi) is 4.55. The molecule has 2 heterocycles. The number of benzene rings is 1.